The average Bonchev–Trinajstić information content (AvgIpc) is 3.22. The third-order valence-electron chi connectivity index (χ3n) is 4.53. The minimum absolute atomic E-state index is 0.223. The van der Waals surface area contributed by atoms with Gasteiger partial charge in [0.05, 0.1) is 13.2 Å². The lowest BCUT2D eigenvalue weighted by atomic mass is 10.3. The number of ether oxygens (including phenoxy) is 3. The molecular weight excluding hydrogens is 352 g/mol. The Labute approximate surface area is 154 Å². The molecule has 1 atom stereocenters. The minimum atomic E-state index is -0.430. The highest BCUT2D eigenvalue weighted by Crippen LogP contribution is 2.26. The lowest BCUT2D eigenvalue weighted by Crippen LogP contribution is -2.37. The van der Waals surface area contributed by atoms with Gasteiger partial charge in [0.25, 0.3) is 11.6 Å². The Hall–Kier alpha value is -3.23. The maximum atomic E-state index is 12.3. The molecule has 1 aromatic carbocycles. The highest BCUT2D eigenvalue weighted by atomic mass is 16.6. The fourth-order valence-corrected chi connectivity index (χ4v) is 3.19. The van der Waals surface area contributed by atoms with Crippen LogP contribution in [0.4, 0.5) is 0 Å². The second-order valence-electron chi connectivity index (χ2n) is 6.34. The molecule has 1 aliphatic heterocycles. The number of rotatable bonds is 5. The van der Waals surface area contributed by atoms with Crippen molar-refractivity contribution in [3.63, 3.8) is 0 Å². The molecule has 0 saturated carbocycles. The van der Waals surface area contributed by atoms with Crippen molar-refractivity contribution in [2.45, 2.75) is 19.6 Å². The van der Waals surface area contributed by atoms with Crippen LogP contribution in [-0.4, -0.2) is 38.0 Å². The van der Waals surface area contributed by atoms with Gasteiger partial charge in [-0.2, -0.15) is 4.98 Å². The van der Waals surface area contributed by atoms with E-state index in [2.05, 4.69) is 4.98 Å². The van der Waals surface area contributed by atoms with Crippen molar-refractivity contribution < 1.29 is 14.2 Å². The van der Waals surface area contributed by atoms with Crippen LogP contribution in [0.5, 0.6) is 17.5 Å². The van der Waals surface area contributed by atoms with E-state index >= 15 is 0 Å². The van der Waals surface area contributed by atoms with E-state index in [4.69, 9.17) is 14.2 Å². The zero-order chi connectivity index (χ0) is 19.1. The van der Waals surface area contributed by atoms with Crippen LogP contribution in [0.15, 0.2) is 33.9 Å². The maximum absolute atomic E-state index is 12.3. The number of nitrogens with zero attached hydrogens (tertiary/aromatic N) is 4. The molecule has 142 valence electrons. The van der Waals surface area contributed by atoms with Crippen LogP contribution in [0, 0.1) is 0 Å². The number of hydrogen-bond acceptors (Lipinski definition) is 6. The number of aromatic nitrogens is 4. The van der Waals surface area contributed by atoms with Gasteiger partial charge >= 0.3 is 5.69 Å². The SMILES string of the molecule is CCOc1ccc(OC[C@H]2Cn3c(nc4c(=O)n(C)c(=O)n(C)c43)O2)cc1. The molecule has 0 aliphatic carbocycles. The third-order valence-corrected chi connectivity index (χ3v) is 4.53. The van der Waals surface area contributed by atoms with E-state index < -0.39 is 11.2 Å². The second-order valence-corrected chi connectivity index (χ2v) is 6.34. The summed E-state index contributed by atoms with van der Waals surface area (Å²) in [7, 11) is 3.05. The predicted octanol–water partition coefficient (Wildman–Crippen LogP) is 0.672. The van der Waals surface area contributed by atoms with Gasteiger partial charge in [0, 0.05) is 14.1 Å². The van der Waals surface area contributed by atoms with E-state index in [0.29, 0.717) is 37.2 Å². The van der Waals surface area contributed by atoms with E-state index in [9.17, 15) is 9.59 Å². The lowest BCUT2D eigenvalue weighted by molar-refractivity contribution is 0.144. The molecule has 3 aromatic rings. The maximum Gasteiger partial charge on any atom is 0.332 e. The zero-order valence-electron chi connectivity index (χ0n) is 15.3. The molecule has 1 aliphatic rings. The van der Waals surface area contributed by atoms with E-state index in [0.717, 1.165) is 10.3 Å². The van der Waals surface area contributed by atoms with Gasteiger partial charge in [-0.3, -0.25) is 18.5 Å². The Morgan fingerprint density at radius 3 is 2.44 bits per heavy atom. The van der Waals surface area contributed by atoms with Crippen molar-refractivity contribution in [1.82, 2.24) is 18.7 Å². The smallest absolute Gasteiger partial charge is 0.332 e. The van der Waals surface area contributed by atoms with Gasteiger partial charge in [0.1, 0.15) is 18.1 Å². The molecule has 9 nitrogen and oxygen atoms in total. The zero-order valence-corrected chi connectivity index (χ0v) is 15.3. The highest BCUT2D eigenvalue weighted by Gasteiger charge is 2.30. The molecule has 4 rings (SSSR count). The Balaban J connectivity index is 1.51. The summed E-state index contributed by atoms with van der Waals surface area (Å²) in [6.07, 6.45) is -0.261. The Kier molecular flexibility index (Phi) is 4.14. The largest absolute Gasteiger partial charge is 0.494 e. The number of benzene rings is 1. The Morgan fingerprint density at radius 2 is 1.78 bits per heavy atom. The lowest BCUT2D eigenvalue weighted by Gasteiger charge is -2.12. The van der Waals surface area contributed by atoms with Gasteiger partial charge in [0.15, 0.2) is 17.3 Å². The van der Waals surface area contributed by atoms with Crippen LogP contribution in [0.3, 0.4) is 0 Å². The molecule has 0 saturated heterocycles. The molecule has 0 amide bonds. The van der Waals surface area contributed by atoms with Crippen molar-refractivity contribution in [2.24, 2.45) is 14.1 Å². The normalized spacial score (nSPS) is 15.6. The Bertz CT molecular complexity index is 1110. The molecule has 0 N–H and O–H groups in total. The molecule has 2 aromatic heterocycles. The monoisotopic (exact) mass is 372 g/mol. The van der Waals surface area contributed by atoms with Gasteiger partial charge < -0.3 is 14.2 Å². The topological polar surface area (TPSA) is 89.5 Å². The molecule has 0 bridgehead atoms. The van der Waals surface area contributed by atoms with E-state index in [1.54, 1.807) is 11.6 Å². The van der Waals surface area contributed by atoms with Crippen LogP contribution < -0.4 is 25.5 Å². The van der Waals surface area contributed by atoms with Crippen molar-refractivity contribution in [1.29, 1.82) is 0 Å². The number of fused-ring (bicyclic) bond motifs is 3. The summed E-state index contributed by atoms with van der Waals surface area (Å²) in [5, 5.41) is 0. The van der Waals surface area contributed by atoms with Gasteiger partial charge in [-0.1, -0.05) is 0 Å². The summed E-state index contributed by atoms with van der Waals surface area (Å²) in [4.78, 5) is 28.7. The van der Waals surface area contributed by atoms with Gasteiger partial charge in [-0.15, -0.1) is 0 Å². The molecule has 0 spiro atoms. The van der Waals surface area contributed by atoms with Gasteiger partial charge in [-0.25, -0.2) is 4.79 Å². The fourth-order valence-electron chi connectivity index (χ4n) is 3.19. The second kappa shape index (κ2) is 6.49. The van der Waals surface area contributed by atoms with E-state index in [1.165, 1.54) is 11.6 Å². The molecule has 0 radical (unpaired) electrons. The third kappa shape index (κ3) is 2.84. The fraction of sp³-hybridized carbons (Fsp3) is 0.389. The van der Waals surface area contributed by atoms with Crippen molar-refractivity contribution in [3.8, 4) is 17.5 Å². The summed E-state index contributed by atoms with van der Waals surface area (Å²) in [6, 6.07) is 7.68. The van der Waals surface area contributed by atoms with Crippen LogP contribution in [0.1, 0.15) is 6.92 Å². The van der Waals surface area contributed by atoms with Crippen molar-refractivity contribution in [3.05, 3.63) is 45.1 Å². The summed E-state index contributed by atoms with van der Waals surface area (Å²) in [5.41, 5.74) is -0.146. The summed E-state index contributed by atoms with van der Waals surface area (Å²) in [5.74, 6) is 1.49. The highest BCUT2D eigenvalue weighted by molar-refractivity contribution is 5.72. The van der Waals surface area contributed by atoms with Crippen LogP contribution in [-0.2, 0) is 20.6 Å². The summed E-state index contributed by atoms with van der Waals surface area (Å²) < 4.78 is 21.2. The first-order valence-corrected chi connectivity index (χ1v) is 8.68. The first-order valence-electron chi connectivity index (χ1n) is 8.68. The Morgan fingerprint density at radius 1 is 1.11 bits per heavy atom. The minimum Gasteiger partial charge on any atom is -0.494 e. The first kappa shape index (κ1) is 17.2. The molecular formula is C18H20N4O5. The summed E-state index contributed by atoms with van der Waals surface area (Å²) in [6.45, 7) is 3.31. The van der Waals surface area contributed by atoms with Crippen LogP contribution in [0.2, 0.25) is 0 Å². The van der Waals surface area contributed by atoms with Crippen LogP contribution in [0.25, 0.3) is 11.2 Å². The van der Waals surface area contributed by atoms with Crippen LogP contribution >= 0.6 is 0 Å². The average molecular weight is 372 g/mol. The van der Waals surface area contributed by atoms with Crippen molar-refractivity contribution in [2.75, 3.05) is 13.2 Å². The molecule has 9 heteroatoms. The quantitative estimate of drug-likeness (QED) is 0.654. The first-order chi connectivity index (χ1) is 13.0. The van der Waals surface area contributed by atoms with Gasteiger partial charge in [0.2, 0.25) is 0 Å². The van der Waals surface area contributed by atoms with E-state index in [1.807, 2.05) is 31.2 Å². The standard InChI is InChI=1S/C18H20N4O5/c1-4-25-11-5-7-12(8-6-11)26-10-13-9-22-15-14(19-17(22)27-13)16(23)21(3)18(24)20(15)2/h5-8,13H,4,9-10H2,1-3H3/t13-/m1/s1. The molecule has 3 heterocycles. The number of imidazole rings is 1. The molecule has 27 heavy (non-hydrogen) atoms. The number of aryl methyl sites for hydroxylation is 1. The van der Waals surface area contributed by atoms with E-state index in [-0.39, 0.29) is 11.6 Å². The van der Waals surface area contributed by atoms with Gasteiger partial charge in [-0.05, 0) is 31.2 Å². The van der Waals surface area contributed by atoms with Crippen molar-refractivity contribution >= 4 is 11.2 Å². The molecule has 0 unspecified atom stereocenters. The molecule has 0 fully saturated rings. The predicted molar refractivity (Wildman–Crippen MR) is 97.7 cm³/mol. The summed E-state index contributed by atoms with van der Waals surface area (Å²) >= 11 is 0. The number of hydrogen-bond donors (Lipinski definition) is 0.